The maximum absolute atomic E-state index is 13.1. The van der Waals surface area contributed by atoms with Crippen LogP contribution in [0.25, 0.3) is 0 Å². The van der Waals surface area contributed by atoms with Crippen LogP contribution in [0, 0.1) is 0 Å². The van der Waals surface area contributed by atoms with Crippen molar-refractivity contribution in [3.63, 3.8) is 0 Å². The predicted octanol–water partition coefficient (Wildman–Crippen LogP) is 18.1. The Morgan fingerprint density at radius 2 is 0.740 bits per heavy atom. The van der Waals surface area contributed by atoms with Crippen LogP contribution in [0.5, 0.6) is 0 Å². The third-order valence-electron chi connectivity index (χ3n) is 16.5. The van der Waals surface area contributed by atoms with Crippen molar-refractivity contribution in [2.75, 3.05) is 13.2 Å². The van der Waals surface area contributed by atoms with Crippen LogP contribution in [0.1, 0.15) is 348 Å². The molecule has 0 radical (unpaired) electrons. The smallest absolute Gasteiger partial charge is 0.220 e. The normalized spacial score (nSPS) is 18.8. The van der Waals surface area contributed by atoms with E-state index in [1.807, 2.05) is 6.08 Å². The quantitative estimate of drug-likeness (QED) is 0.0261. The number of hydrogen-bond acceptors (Lipinski definition) is 8. The first kappa shape index (κ1) is 73.7. The molecule has 0 bridgehead atoms. The minimum atomic E-state index is -1.57. The van der Waals surface area contributed by atoms with E-state index in [9.17, 15) is 30.3 Å². The lowest BCUT2D eigenvalue weighted by molar-refractivity contribution is -0.302. The van der Waals surface area contributed by atoms with Crippen molar-refractivity contribution in [3.8, 4) is 0 Å². The number of hydrogen-bond donors (Lipinski definition) is 6. The Bertz CT molecular complexity index is 1260. The molecule has 0 aliphatic carbocycles. The molecule has 0 aromatic rings. The van der Waals surface area contributed by atoms with Crippen molar-refractivity contribution in [1.82, 2.24) is 5.32 Å². The zero-order chi connectivity index (χ0) is 55.8. The topological polar surface area (TPSA) is 149 Å². The van der Waals surface area contributed by atoms with E-state index in [1.54, 1.807) is 6.08 Å². The molecule has 0 spiro atoms. The summed E-state index contributed by atoms with van der Waals surface area (Å²) < 4.78 is 11.3. The predicted molar refractivity (Wildman–Crippen MR) is 327 cm³/mol. The van der Waals surface area contributed by atoms with Crippen molar-refractivity contribution >= 4 is 5.91 Å². The van der Waals surface area contributed by atoms with Crippen molar-refractivity contribution in [2.24, 2.45) is 0 Å². The van der Waals surface area contributed by atoms with Crippen molar-refractivity contribution in [1.29, 1.82) is 0 Å². The van der Waals surface area contributed by atoms with Crippen LogP contribution < -0.4 is 5.32 Å². The SMILES string of the molecule is CCCCCCCCCCC/C=C/CC/C=C/C(O)C(COC1OC(CO)C(O)C(O)C1O)NC(=O)CCCCCCCCCCCCCCCCCCCCCCCCCCCCCCCCCCCCCCCCC. The third-order valence-corrected chi connectivity index (χ3v) is 16.5. The number of rotatable bonds is 60. The Morgan fingerprint density at radius 1 is 0.429 bits per heavy atom. The van der Waals surface area contributed by atoms with E-state index in [1.165, 1.54) is 289 Å². The first-order chi connectivity index (χ1) is 37.8. The van der Waals surface area contributed by atoms with Gasteiger partial charge in [0.15, 0.2) is 6.29 Å². The highest BCUT2D eigenvalue weighted by molar-refractivity contribution is 5.76. The number of nitrogens with one attached hydrogen (secondary N) is 1. The summed E-state index contributed by atoms with van der Waals surface area (Å²) in [7, 11) is 0. The summed E-state index contributed by atoms with van der Waals surface area (Å²) in [6.07, 6.45) is 68.8. The first-order valence-electron chi connectivity index (χ1n) is 34.1. The second kappa shape index (κ2) is 57.9. The second-order valence-electron chi connectivity index (χ2n) is 24.0. The lowest BCUT2D eigenvalue weighted by Gasteiger charge is -2.40. The van der Waals surface area contributed by atoms with E-state index in [4.69, 9.17) is 9.47 Å². The highest BCUT2D eigenvalue weighted by Crippen LogP contribution is 2.23. The van der Waals surface area contributed by atoms with Gasteiger partial charge >= 0.3 is 0 Å². The molecule has 456 valence electrons. The minimum Gasteiger partial charge on any atom is -0.394 e. The summed E-state index contributed by atoms with van der Waals surface area (Å²) in [5.74, 6) is -0.180. The number of ether oxygens (including phenoxy) is 2. The van der Waals surface area contributed by atoms with E-state index in [0.29, 0.717) is 6.42 Å². The molecule has 1 aliphatic heterocycles. The zero-order valence-corrected chi connectivity index (χ0v) is 51.0. The molecular weight excluding hydrogens is 959 g/mol. The van der Waals surface area contributed by atoms with Gasteiger partial charge in [-0.3, -0.25) is 4.79 Å². The summed E-state index contributed by atoms with van der Waals surface area (Å²) in [5.41, 5.74) is 0. The fraction of sp³-hybridized carbons (Fsp3) is 0.926. The van der Waals surface area contributed by atoms with Gasteiger partial charge in [-0.2, -0.15) is 0 Å². The van der Waals surface area contributed by atoms with Crippen molar-refractivity contribution in [2.45, 2.75) is 391 Å². The number of unbranched alkanes of at least 4 members (excludes halogenated alkanes) is 48. The van der Waals surface area contributed by atoms with Gasteiger partial charge in [-0.1, -0.05) is 334 Å². The molecule has 1 saturated heterocycles. The fourth-order valence-corrected chi connectivity index (χ4v) is 11.2. The summed E-state index contributed by atoms with van der Waals surface area (Å²) >= 11 is 0. The molecule has 9 nitrogen and oxygen atoms in total. The van der Waals surface area contributed by atoms with Gasteiger partial charge in [0.25, 0.3) is 0 Å². The van der Waals surface area contributed by atoms with Gasteiger partial charge in [-0.05, 0) is 32.1 Å². The molecule has 7 atom stereocenters. The van der Waals surface area contributed by atoms with Crippen LogP contribution in [0.3, 0.4) is 0 Å². The number of carbonyl (C=O) groups is 1. The average Bonchev–Trinajstić information content (AvgIpc) is 3.43. The van der Waals surface area contributed by atoms with E-state index in [-0.39, 0.29) is 12.5 Å². The number of aliphatic hydroxyl groups excluding tert-OH is 5. The summed E-state index contributed by atoms with van der Waals surface area (Å²) in [4.78, 5) is 13.1. The minimum absolute atomic E-state index is 0.180. The molecule has 1 aliphatic rings. The second-order valence-corrected chi connectivity index (χ2v) is 24.0. The Morgan fingerprint density at radius 3 is 1.09 bits per heavy atom. The van der Waals surface area contributed by atoms with Gasteiger partial charge < -0.3 is 40.3 Å². The molecule has 77 heavy (non-hydrogen) atoms. The zero-order valence-electron chi connectivity index (χ0n) is 51.0. The van der Waals surface area contributed by atoms with Crippen LogP contribution in [0.2, 0.25) is 0 Å². The fourth-order valence-electron chi connectivity index (χ4n) is 11.2. The maximum atomic E-state index is 13.1. The van der Waals surface area contributed by atoms with Crippen molar-refractivity contribution < 1.29 is 39.8 Å². The summed E-state index contributed by atoms with van der Waals surface area (Å²) in [6.45, 7) is 3.80. The van der Waals surface area contributed by atoms with Gasteiger partial charge in [0.1, 0.15) is 24.4 Å². The molecule has 1 rings (SSSR count). The molecule has 0 aromatic carbocycles. The lowest BCUT2D eigenvalue weighted by atomic mass is 9.99. The van der Waals surface area contributed by atoms with Gasteiger partial charge in [-0.15, -0.1) is 0 Å². The molecule has 0 saturated carbocycles. The van der Waals surface area contributed by atoms with E-state index in [0.717, 1.165) is 38.5 Å². The maximum Gasteiger partial charge on any atom is 0.220 e. The molecule has 1 heterocycles. The van der Waals surface area contributed by atoms with Crippen molar-refractivity contribution in [3.05, 3.63) is 24.3 Å². The van der Waals surface area contributed by atoms with Crippen LogP contribution in [0.15, 0.2) is 24.3 Å². The van der Waals surface area contributed by atoms with Crippen LogP contribution in [0.4, 0.5) is 0 Å². The molecule has 9 heteroatoms. The monoisotopic (exact) mass is 1090 g/mol. The van der Waals surface area contributed by atoms with E-state index >= 15 is 0 Å². The van der Waals surface area contributed by atoms with Gasteiger partial charge in [0.2, 0.25) is 5.91 Å². The first-order valence-corrected chi connectivity index (χ1v) is 34.1. The molecule has 1 amide bonds. The molecule has 1 fully saturated rings. The molecule has 7 unspecified atom stereocenters. The number of carbonyl (C=O) groups excluding carboxylic acids is 1. The molecular formula is C68H131NO8. The van der Waals surface area contributed by atoms with Crippen LogP contribution in [-0.2, 0) is 14.3 Å². The van der Waals surface area contributed by atoms with Gasteiger partial charge in [0, 0.05) is 6.42 Å². The van der Waals surface area contributed by atoms with E-state index < -0.39 is 49.5 Å². The standard InChI is InChI=1S/C68H131NO8/c1-3-5-7-9-11-13-15-17-19-20-21-22-23-24-25-26-27-28-29-30-31-32-33-34-35-36-37-38-39-40-41-42-44-46-48-50-52-54-56-58-64(72)69-61(60-76-68-67(75)66(74)65(73)63(59-70)77-68)62(71)57-55-53-51-49-47-45-43-18-16-14-12-10-8-6-4-2/h47,49,55,57,61-63,65-68,70-71,73-75H,3-46,48,50-54,56,58-60H2,1-2H3,(H,69,72)/b49-47+,57-55+. The molecule has 6 N–H and O–H groups in total. The highest BCUT2D eigenvalue weighted by Gasteiger charge is 2.44. The third kappa shape index (κ3) is 46.9. The van der Waals surface area contributed by atoms with E-state index in [2.05, 4.69) is 31.3 Å². The Labute approximate surface area is 477 Å². The van der Waals surface area contributed by atoms with Crippen LogP contribution in [-0.4, -0.2) is 87.5 Å². The Hall–Kier alpha value is -1.33. The highest BCUT2D eigenvalue weighted by atomic mass is 16.7. The Kier molecular flexibility index (Phi) is 55.4. The lowest BCUT2D eigenvalue weighted by Crippen LogP contribution is -2.60. The van der Waals surface area contributed by atoms with Gasteiger partial charge in [0.05, 0.1) is 25.4 Å². The van der Waals surface area contributed by atoms with Gasteiger partial charge in [-0.25, -0.2) is 0 Å². The number of aliphatic hydroxyl groups is 5. The number of allylic oxidation sites excluding steroid dienone is 3. The summed E-state index contributed by atoms with van der Waals surface area (Å²) in [5, 5.41) is 54.5. The largest absolute Gasteiger partial charge is 0.394 e. The average molecular weight is 1090 g/mol. The van der Waals surface area contributed by atoms with Crippen LogP contribution >= 0.6 is 0 Å². The number of amides is 1. The Balaban J connectivity index is 2.03. The molecule has 0 aromatic heterocycles. The summed E-state index contributed by atoms with van der Waals surface area (Å²) in [6, 6.07) is -0.819.